The first-order chi connectivity index (χ1) is 12.8. The fraction of sp³-hybridized carbons (Fsp3) is 0.188. The predicted molar refractivity (Wildman–Crippen MR) is 102 cm³/mol. The number of amides is 2. The van der Waals surface area contributed by atoms with Crippen LogP contribution in [0.2, 0.25) is 5.02 Å². The van der Waals surface area contributed by atoms with Gasteiger partial charge in [-0.3, -0.25) is 29.8 Å². The Morgan fingerprint density at radius 2 is 1.93 bits per heavy atom. The Bertz CT molecular complexity index is 1010. The minimum Gasteiger partial charge on any atom is -0.272 e. The molecule has 0 aliphatic heterocycles. The van der Waals surface area contributed by atoms with Gasteiger partial charge in [0, 0.05) is 25.2 Å². The van der Waals surface area contributed by atoms with Crippen molar-refractivity contribution < 1.29 is 9.59 Å². The van der Waals surface area contributed by atoms with Crippen LogP contribution in [-0.4, -0.2) is 31.9 Å². The number of thioether (sulfide) groups is 1. The lowest BCUT2D eigenvalue weighted by Crippen LogP contribution is -2.42. The van der Waals surface area contributed by atoms with Crippen LogP contribution >= 0.6 is 23.4 Å². The normalized spacial score (nSPS) is 10.8. The van der Waals surface area contributed by atoms with Gasteiger partial charge in [0.15, 0.2) is 5.03 Å². The van der Waals surface area contributed by atoms with Gasteiger partial charge >= 0.3 is 5.69 Å². The van der Waals surface area contributed by atoms with Crippen molar-refractivity contribution >= 4 is 41.3 Å². The van der Waals surface area contributed by atoms with Crippen molar-refractivity contribution in [3.8, 4) is 0 Å². The number of hydrogen-bond acceptors (Lipinski definition) is 6. The molecule has 0 saturated carbocycles. The van der Waals surface area contributed by atoms with Crippen molar-refractivity contribution in [1.29, 1.82) is 0 Å². The van der Waals surface area contributed by atoms with Gasteiger partial charge in [0.05, 0.1) is 5.75 Å². The molecule has 1 aromatic carbocycles. The maximum absolute atomic E-state index is 11.9. The number of aromatic nitrogens is 3. The Labute approximate surface area is 163 Å². The van der Waals surface area contributed by atoms with Crippen LogP contribution in [0.25, 0.3) is 6.08 Å². The smallest absolute Gasteiger partial charge is 0.272 e. The summed E-state index contributed by atoms with van der Waals surface area (Å²) in [6.45, 7) is 0. The fourth-order valence-corrected chi connectivity index (χ4v) is 2.86. The van der Waals surface area contributed by atoms with Crippen LogP contribution in [0.4, 0.5) is 0 Å². The average Bonchev–Trinajstić information content (AvgIpc) is 2.65. The number of nitrogens with zero attached hydrogens (tertiary/aromatic N) is 3. The van der Waals surface area contributed by atoms with Crippen molar-refractivity contribution in [2.45, 2.75) is 5.03 Å². The van der Waals surface area contributed by atoms with Crippen molar-refractivity contribution in [3.05, 3.63) is 61.8 Å². The second-order valence-electron chi connectivity index (χ2n) is 5.26. The van der Waals surface area contributed by atoms with E-state index in [4.69, 9.17) is 11.6 Å². The average molecular weight is 410 g/mol. The molecule has 0 unspecified atom stereocenters. The highest BCUT2D eigenvalue weighted by Crippen LogP contribution is 2.15. The molecule has 9 nitrogen and oxygen atoms in total. The standard InChI is InChI=1S/C16H16ClN5O4S/c1-21-15(25)14(20-22(2)16(21)26)27-9-13(24)19-18-12(23)8-7-10-5-3-4-6-11(10)17/h3-8H,9H2,1-2H3,(H,18,23)(H,19,24)/b8-7+. The third-order valence-electron chi connectivity index (χ3n) is 3.28. The van der Waals surface area contributed by atoms with E-state index in [1.807, 2.05) is 0 Å². The first kappa shape index (κ1) is 20.5. The van der Waals surface area contributed by atoms with E-state index in [0.29, 0.717) is 10.6 Å². The zero-order valence-corrected chi connectivity index (χ0v) is 16.0. The molecule has 0 aliphatic carbocycles. The van der Waals surface area contributed by atoms with E-state index in [1.165, 1.54) is 26.2 Å². The highest BCUT2D eigenvalue weighted by Gasteiger charge is 2.11. The summed E-state index contributed by atoms with van der Waals surface area (Å²) in [5.74, 6) is -1.27. The van der Waals surface area contributed by atoms with Crippen LogP contribution in [0.15, 0.2) is 45.0 Å². The highest BCUT2D eigenvalue weighted by atomic mass is 35.5. The number of nitrogens with one attached hydrogen (secondary N) is 2. The van der Waals surface area contributed by atoms with E-state index in [0.717, 1.165) is 21.0 Å². The van der Waals surface area contributed by atoms with Gasteiger partial charge in [-0.15, -0.1) is 0 Å². The molecule has 0 bridgehead atoms. The van der Waals surface area contributed by atoms with E-state index in [2.05, 4.69) is 16.0 Å². The Balaban J connectivity index is 1.86. The first-order valence-electron chi connectivity index (χ1n) is 7.58. The van der Waals surface area contributed by atoms with Crippen molar-refractivity contribution in [1.82, 2.24) is 25.2 Å². The van der Waals surface area contributed by atoms with Crippen LogP contribution in [0.3, 0.4) is 0 Å². The van der Waals surface area contributed by atoms with Gasteiger partial charge in [-0.25, -0.2) is 9.48 Å². The van der Waals surface area contributed by atoms with E-state index in [-0.39, 0.29) is 10.8 Å². The van der Waals surface area contributed by atoms with Gasteiger partial charge in [-0.2, -0.15) is 5.10 Å². The van der Waals surface area contributed by atoms with E-state index in [1.54, 1.807) is 24.3 Å². The largest absolute Gasteiger partial charge is 0.346 e. The summed E-state index contributed by atoms with van der Waals surface area (Å²) in [4.78, 5) is 47.0. The molecular formula is C16H16ClN5O4S. The fourth-order valence-electron chi connectivity index (χ4n) is 1.88. The third kappa shape index (κ3) is 5.56. The molecule has 2 amide bonds. The monoisotopic (exact) mass is 409 g/mol. The zero-order valence-electron chi connectivity index (χ0n) is 14.4. The number of hydrogen-bond donors (Lipinski definition) is 2. The quantitative estimate of drug-likeness (QED) is 0.410. The van der Waals surface area contributed by atoms with Crippen molar-refractivity contribution in [2.75, 3.05) is 5.75 Å². The molecule has 0 radical (unpaired) electrons. The van der Waals surface area contributed by atoms with Crippen LogP contribution < -0.4 is 22.1 Å². The van der Waals surface area contributed by atoms with Crippen LogP contribution in [0, 0.1) is 0 Å². The number of rotatable bonds is 5. The summed E-state index contributed by atoms with van der Waals surface area (Å²) >= 11 is 6.82. The topological polar surface area (TPSA) is 115 Å². The number of carbonyl (C=O) groups excluding carboxylic acids is 2. The van der Waals surface area contributed by atoms with Gasteiger partial charge in [-0.1, -0.05) is 41.6 Å². The molecule has 27 heavy (non-hydrogen) atoms. The molecule has 11 heteroatoms. The number of carbonyl (C=O) groups is 2. The van der Waals surface area contributed by atoms with Crippen LogP contribution in [0.1, 0.15) is 5.56 Å². The molecule has 142 valence electrons. The predicted octanol–water partition coefficient (Wildman–Crippen LogP) is 0.0853. The van der Waals surface area contributed by atoms with E-state index < -0.39 is 23.1 Å². The Morgan fingerprint density at radius 3 is 2.63 bits per heavy atom. The lowest BCUT2D eigenvalue weighted by atomic mass is 10.2. The maximum Gasteiger partial charge on any atom is 0.346 e. The van der Waals surface area contributed by atoms with Gasteiger partial charge in [0.2, 0.25) is 5.91 Å². The summed E-state index contributed by atoms with van der Waals surface area (Å²) in [7, 11) is 2.72. The summed E-state index contributed by atoms with van der Waals surface area (Å²) in [5.41, 5.74) is 3.93. The molecule has 1 aromatic heterocycles. The van der Waals surface area contributed by atoms with Crippen molar-refractivity contribution in [2.24, 2.45) is 14.1 Å². The number of halogens is 1. The first-order valence-corrected chi connectivity index (χ1v) is 8.94. The van der Waals surface area contributed by atoms with Gasteiger partial charge in [-0.05, 0) is 17.7 Å². The molecule has 2 N–H and O–H groups in total. The summed E-state index contributed by atoms with van der Waals surface area (Å²) < 4.78 is 1.90. The van der Waals surface area contributed by atoms with Crippen molar-refractivity contribution in [3.63, 3.8) is 0 Å². The zero-order chi connectivity index (χ0) is 20.0. The number of benzene rings is 1. The molecule has 1 heterocycles. The second-order valence-corrected chi connectivity index (χ2v) is 6.63. The minimum atomic E-state index is -0.595. The van der Waals surface area contributed by atoms with Gasteiger partial charge in [0.25, 0.3) is 11.5 Å². The summed E-state index contributed by atoms with van der Waals surface area (Å²) in [6.07, 6.45) is 2.73. The molecule has 0 aliphatic rings. The van der Waals surface area contributed by atoms with E-state index in [9.17, 15) is 19.2 Å². The number of hydrazine groups is 1. The summed E-state index contributed by atoms with van der Waals surface area (Å²) in [6, 6.07) is 6.97. The number of aryl methyl sites for hydroxylation is 1. The van der Waals surface area contributed by atoms with Crippen LogP contribution in [0.5, 0.6) is 0 Å². The molecule has 0 saturated heterocycles. The Kier molecular flexibility index (Phi) is 6.97. The second kappa shape index (κ2) is 9.19. The molecule has 0 fully saturated rings. The highest BCUT2D eigenvalue weighted by molar-refractivity contribution is 7.99. The molecular weight excluding hydrogens is 394 g/mol. The molecule has 2 aromatic rings. The Hall–Kier alpha value is -2.85. The molecule has 2 rings (SSSR count). The van der Waals surface area contributed by atoms with E-state index >= 15 is 0 Å². The molecule has 0 atom stereocenters. The summed E-state index contributed by atoms with van der Waals surface area (Å²) in [5, 5.41) is 4.31. The third-order valence-corrected chi connectivity index (χ3v) is 4.56. The SMILES string of the molecule is Cn1nc(SCC(=O)NNC(=O)/C=C/c2ccccc2Cl)c(=O)n(C)c1=O. The molecule has 0 spiro atoms. The lowest BCUT2D eigenvalue weighted by molar-refractivity contribution is -0.125. The minimum absolute atomic E-state index is 0.000285. The lowest BCUT2D eigenvalue weighted by Gasteiger charge is -2.06. The Morgan fingerprint density at radius 1 is 1.22 bits per heavy atom. The van der Waals surface area contributed by atoms with Crippen LogP contribution in [-0.2, 0) is 23.7 Å². The van der Waals surface area contributed by atoms with Gasteiger partial charge < -0.3 is 0 Å². The maximum atomic E-state index is 11.9. The van der Waals surface area contributed by atoms with Gasteiger partial charge in [0.1, 0.15) is 0 Å².